The molecule has 2 fully saturated rings. The quantitative estimate of drug-likeness (QED) is 0.218. The van der Waals surface area contributed by atoms with E-state index in [4.69, 9.17) is 10.7 Å². The van der Waals surface area contributed by atoms with Crippen LogP contribution in [0.3, 0.4) is 0 Å². The van der Waals surface area contributed by atoms with E-state index in [0.29, 0.717) is 30.5 Å². The summed E-state index contributed by atoms with van der Waals surface area (Å²) in [5.74, 6) is 1.29. The summed E-state index contributed by atoms with van der Waals surface area (Å²) in [6.07, 6.45) is 5.31. The van der Waals surface area contributed by atoms with Gasteiger partial charge in [-0.05, 0) is 89.2 Å². The number of hydrogen-bond acceptors (Lipinski definition) is 9. The van der Waals surface area contributed by atoms with Crippen LogP contribution in [0.25, 0.3) is 10.2 Å². The lowest BCUT2D eigenvalue weighted by Crippen LogP contribution is -2.43. The van der Waals surface area contributed by atoms with E-state index in [1.165, 1.54) is 52.2 Å². The van der Waals surface area contributed by atoms with E-state index in [0.717, 1.165) is 37.1 Å². The number of aliphatic imine (C=N–C) groups is 1. The molecule has 1 amide bonds. The van der Waals surface area contributed by atoms with E-state index >= 15 is 0 Å². The van der Waals surface area contributed by atoms with Gasteiger partial charge in [-0.2, -0.15) is 12.6 Å². The molecule has 1 atom stereocenters. The average Bonchev–Trinajstić information content (AvgIpc) is 3.68. The first-order chi connectivity index (χ1) is 20.8. The summed E-state index contributed by atoms with van der Waals surface area (Å²) in [7, 11) is 2.20. The molecule has 0 saturated carbocycles. The Hall–Kier alpha value is -2.73. The number of thiazole rings is 1. The van der Waals surface area contributed by atoms with Crippen LogP contribution in [-0.4, -0.2) is 77.2 Å². The third-order valence-corrected chi connectivity index (χ3v) is 9.16. The third-order valence-electron chi connectivity index (χ3n) is 7.96. The van der Waals surface area contributed by atoms with Crippen LogP contribution in [0.1, 0.15) is 85.8 Å². The molecule has 3 aliphatic heterocycles. The molecule has 0 radical (unpaired) electrons. The molecule has 8 nitrogen and oxygen atoms in total. The predicted molar refractivity (Wildman–Crippen MR) is 180 cm³/mol. The summed E-state index contributed by atoms with van der Waals surface area (Å²) in [6, 6.07) is 11.5. The van der Waals surface area contributed by atoms with Crippen molar-refractivity contribution in [3.05, 3.63) is 58.3 Å². The molecule has 1 aromatic heterocycles. The number of amides is 1. The number of hydrazine groups is 1. The fraction of sp³-hybridized carbons (Fsp3) is 0.531. The molecule has 6 rings (SSSR count). The minimum atomic E-state index is -0.489. The molecule has 2 saturated heterocycles. The number of guanidine groups is 1. The van der Waals surface area contributed by atoms with Crippen LogP contribution in [0.4, 0.5) is 10.1 Å². The molecule has 3 N–H and O–H groups in total. The van der Waals surface area contributed by atoms with E-state index in [-0.39, 0.29) is 17.6 Å². The summed E-state index contributed by atoms with van der Waals surface area (Å²) in [6.45, 7) is 10.4. The number of nitrogens with zero attached hydrogens (tertiary/aromatic N) is 5. The van der Waals surface area contributed by atoms with Gasteiger partial charge < -0.3 is 15.5 Å². The molecular weight excluding hydrogens is 582 g/mol. The molecule has 43 heavy (non-hydrogen) atoms. The zero-order chi connectivity index (χ0) is 30.9. The van der Waals surface area contributed by atoms with Gasteiger partial charge in [-0.3, -0.25) is 9.80 Å². The van der Waals surface area contributed by atoms with Crippen molar-refractivity contribution in [1.29, 1.82) is 0 Å². The Morgan fingerprint density at radius 2 is 1.88 bits per heavy atom. The van der Waals surface area contributed by atoms with Gasteiger partial charge in [0.15, 0.2) is 5.96 Å². The van der Waals surface area contributed by atoms with Crippen LogP contribution in [0, 0.1) is 5.82 Å². The number of carbonyl (C=O) groups excluding carboxylic acids is 1. The second-order valence-corrected chi connectivity index (χ2v) is 12.8. The highest BCUT2D eigenvalue weighted by Gasteiger charge is 2.35. The van der Waals surface area contributed by atoms with Crippen LogP contribution >= 0.6 is 24.0 Å². The SMILES string of the molecule is CCCNN(CC)C(=O)c1cc(F)c2c(c1)C1CCCN1C(N)=N2.CCS.CN1CCC(c2nc3ccccc3s2)CC1. The Labute approximate surface area is 264 Å². The maximum atomic E-state index is 14.6. The molecule has 0 bridgehead atoms. The molecule has 3 aromatic rings. The van der Waals surface area contributed by atoms with Gasteiger partial charge in [-0.25, -0.2) is 19.8 Å². The number of halogens is 1. The highest BCUT2D eigenvalue weighted by atomic mass is 32.1. The number of hydrogen-bond donors (Lipinski definition) is 3. The third kappa shape index (κ3) is 8.06. The van der Waals surface area contributed by atoms with Gasteiger partial charge in [0.2, 0.25) is 0 Å². The highest BCUT2D eigenvalue weighted by molar-refractivity contribution is 7.80. The smallest absolute Gasteiger partial charge is 0.268 e. The Kier molecular flexibility index (Phi) is 12.2. The van der Waals surface area contributed by atoms with Gasteiger partial charge >= 0.3 is 0 Å². The molecule has 0 aliphatic carbocycles. The largest absolute Gasteiger partial charge is 0.369 e. The Morgan fingerprint density at radius 1 is 1.16 bits per heavy atom. The summed E-state index contributed by atoms with van der Waals surface area (Å²) in [5, 5.41) is 2.87. The monoisotopic (exact) mass is 627 g/mol. The number of benzene rings is 2. The van der Waals surface area contributed by atoms with Crippen molar-refractivity contribution in [3.8, 4) is 0 Å². The van der Waals surface area contributed by atoms with E-state index in [2.05, 4.69) is 59.3 Å². The first-order valence-corrected chi connectivity index (χ1v) is 16.9. The molecule has 1 unspecified atom stereocenters. The molecule has 4 heterocycles. The number of para-hydroxylation sites is 1. The van der Waals surface area contributed by atoms with Gasteiger partial charge in [0.05, 0.1) is 21.3 Å². The Morgan fingerprint density at radius 3 is 2.56 bits per heavy atom. The lowest BCUT2D eigenvalue weighted by atomic mass is 9.97. The standard InChI is InChI=1S/C17H24FN5O.C13H16N2S.C2H6S/c1-3-7-20-23(4-2)16(24)11-9-12-14-6-5-8-22(14)17(19)21-15(12)13(18)10-11;1-15-8-6-10(7-9-15)13-14-11-4-2-3-5-12(11)16-13;1-2-3/h9-10,14,20H,3-8H2,1-2H3,(H2,19,21);2-5,10H,6-9H2,1H3;3H,2H2,1H3. The number of aromatic nitrogens is 1. The predicted octanol–water partition coefficient (Wildman–Crippen LogP) is 6.34. The average molecular weight is 628 g/mol. The van der Waals surface area contributed by atoms with Crippen LogP contribution < -0.4 is 11.2 Å². The Bertz CT molecular complexity index is 1360. The Balaban J connectivity index is 0.000000192. The maximum absolute atomic E-state index is 14.6. The molecular formula is C32H46FN7OS2. The van der Waals surface area contributed by atoms with Gasteiger partial charge in [-0.1, -0.05) is 26.0 Å². The number of carbonyl (C=O) groups is 1. The summed E-state index contributed by atoms with van der Waals surface area (Å²) in [4.78, 5) is 26.1. The summed E-state index contributed by atoms with van der Waals surface area (Å²) >= 11 is 5.66. The zero-order valence-corrected chi connectivity index (χ0v) is 27.6. The highest BCUT2D eigenvalue weighted by Crippen LogP contribution is 2.42. The second-order valence-electron chi connectivity index (χ2n) is 11.1. The summed E-state index contributed by atoms with van der Waals surface area (Å²) < 4.78 is 15.9. The summed E-state index contributed by atoms with van der Waals surface area (Å²) in [5.41, 5.74) is 11.6. The van der Waals surface area contributed by atoms with Gasteiger partial charge in [0.1, 0.15) is 11.5 Å². The minimum Gasteiger partial charge on any atom is -0.369 e. The number of nitrogens with two attached hydrogens (primary N) is 1. The molecule has 0 spiro atoms. The first-order valence-electron chi connectivity index (χ1n) is 15.5. The van der Waals surface area contributed by atoms with Gasteiger partial charge in [0.25, 0.3) is 5.91 Å². The van der Waals surface area contributed by atoms with Crippen LogP contribution in [0.15, 0.2) is 41.4 Å². The topological polar surface area (TPSA) is 90.1 Å². The number of rotatable bonds is 6. The zero-order valence-electron chi connectivity index (χ0n) is 25.9. The van der Waals surface area contributed by atoms with Crippen molar-refractivity contribution >= 4 is 51.7 Å². The fourth-order valence-corrected chi connectivity index (χ4v) is 6.85. The first kappa shape index (κ1) is 33.2. The molecule has 2 aromatic carbocycles. The molecule has 234 valence electrons. The van der Waals surface area contributed by atoms with Gasteiger partial charge in [0, 0.05) is 36.7 Å². The number of piperidine rings is 1. The minimum absolute atomic E-state index is 0.0124. The fourth-order valence-electron chi connectivity index (χ4n) is 5.71. The van der Waals surface area contributed by atoms with E-state index in [1.54, 1.807) is 6.07 Å². The number of thiol groups is 1. The van der Waals surface area contributed by atoms with E-state index in [1.807, 2.05) is 37.0 Å². The van der Waals surface area contributed by atoms with E-state index < -0.39 is 5.82 Å². The lowest BCUT2D eigenvalue weighted by Gasteiger charge is -2.31. The number of nitrogens with one attached hydrogen (secondary N) is 1. The van der Waals surface area contributed by atoms with Crippen molar-refractivity contribution in [1.82, 2.24) is 25.2 Å². The maximum Gasteiger partial charge on any atom is 0.268 e. The number of likely N-dealkylation sites (tertiary alicyclic amines) is 1. The molecule has 11 heteroatoms. The van der Waals surface area contributed by atoms with Crippen LogP contribution in [0.5, 0.6) is 0 Å². The van der Waals surface area contributed by atoms with Crippen molar-refractivity contribution in [2.75, 3.05) is 45.5 Å². The van der Waals surface area contributed by atoms with Crippen LogP contribution in [0.2, 0.25) is 0 Å². The van der Waals surface area contributed by atoms with Crippen molar-refractivity contribution < 1.29 is 9.18 Å². The van der Waals surface area contributed by atoms with Gasteiger partial charge in [-0.15, -0.1) is 11.3 Å². The van der Waals surface area contributed by atoms with Crippen molar-refractivity contribution in [2.45, 2.75) is 64.8 Å². The van der Waals surface area contributed by atoms with Crippen molar-refractivity contribution in [3.63, 3.8) is 0 Å². The molecule has 3 aliphatic rings. The second kappa shape index (κ2) is 15.8. The normalized spacial score (nSPS) is 18.1. The van der Waals surface area contributed by atoms with E-state index in [9.17, 15) is 9.18 Å². The van der Waals surface area contributed by atoms with Crippen molar-refractivity contribution in [2.24, 2.45) is 10.7 Å². The van der Waals surface area contributed by atoms with Crippen LogP contribution in [-0.2, 0) is 0 Å². The lowest BCUT2D eigenvalue weighted by molar-refractivity contribution is 0.0671. The number of fused-ring (bicyclic) bond motifs is 4.